The first-order valence-corrected chi connectivity index (χ1v) is 7.65. The molecule has 0 saturated heterocycles. The summed E-state index contributed by atoms with van der Waals surface area (Å²) >= 11 is 4.87. The first kappa shape index (κ1) is 14.0. The number of isothiocyanates is 1. The summed E-state index contributed by atoms with van der Waals surface area (Å²) in [4.78, 5) is 4.55. The molecule has 2 aliphatic rings. The van der Waals surface area contributed by atoms with Crippen LogP contribution in [0.1, 0.15) is 53.4 Å². The highest BCUT2D eigenvalue weighted by atomic mass is 32.1. The molecule has 18 heavy (non-hydrogen) atoms. The summed E-state index contributed by atoms with van der Waals surface area (Å²) in [6.45, 7) is 9.30. The SMILES string of the molecule is CC1=C[C@H]2[C@@H](C(C)C)CC[C@@](C)(N=C=S)[C@H]2CC1. The maximum absolute atomic E-state index is 4.87. The molecule has 0 radical (unpaired) electrons. The van der Waals surface area contributed by atoms with E-state index in [1.165, 1.54) is 25.7 Å². The van der Waals surface area contributed by atoms with Gasteiger partial charge in [-0.05, 0) is 75.4 Å². The standard InChI is InChI=1S/C16H25NS/c1-11(2)13-7-8-16(4,17-10-18)15-6-5-12(3)9-14(13)15/h9,11,13-15H,5-8H2,1-4H3/t13-,14+,15+,16-/m1/s1. The fraction of sp³-hybridized carbons (Fsp3) is 0.812. The van der Waals surface area contributed by atoms with Crippen LogP contribution < -0.4 is 0 Å². The van der Waals surface area contributed by atoms with Crippen molar-refractivity contribution in [2.75, 3.05) is 0 Å². The Balaban J connectivity index is 2.34. The van der Waals surface area contributed by atoms with Crippen LogP contribution in [0.3, 0.4) is 0 Å². The number of nitrogens with zero attached hydrogens (tertiary/aromatic N) is 1. The van der Waals surface area contributed by atoms with Crippen molar-refractivity contribution >= 4 is 17.4 Å². The lowest BCUT2D eigenvalue weighted by atomic mass is 9.57. The van der Waals surface area contributed by atoms with Crippen molar-refractivity contribution in [2.24, 2.45) is 28.7 Å². The summed E-state index contributed by atoms with van der Waals surface area (Å²) < 4.78 is 0. The fourth-order valence-corrected chi connectivity index (χ4v) is 4.32. The molecule has 0 amide bonds. The second kappa shape index (κ2) is 5.27. The van der Waals surface area contributed by atoms with E-state index < -0.39 is 0 Å². The number of thiocarbonyl (C=S) groups is 1. The highest BCUT2D eigenvalue weighted by Crippen LogP contribution is 2.51. The predicted molar refractivity (Wildman–Crippen MR) is 81.0 cm³/mol. The summed E-state index contributed by atoms with van der Waals surface area (Å²) in [5.41, 5.74) is 1.60. The van der Waals surface area contributed by atoms with Gasteiger partial charge in [0.15, 0.2) is 0 Å². The smallest absolute Gasteiger partial charge is 0.0716 e. The number of hydrogen-bond donors (Lipinski definition) is 0. The summed E-state index contributed by atoms with van der Waals surface area (Å²) in [6.07, 6.45) is 7.49. The van der Waals surface area contributed by atoms with Crippen LogP contribution in [-0.2, 0) is 0 Å². The van der Waals surface area contributed by atoms with Gasteiger partial charge >= 0.3 is 0 Å². The molecule has 0 aliphatic heterocycles. The minimum atomic E-state index is 0.0367. The summed E-state index contributed by atoms with van der Waals surface area (Å²) in [5, 5.41) is 2.65. The molecule has 0 heterocycles. The zero-order chi connectivity index (χ0) is 13.3. The number of aliphatic imine (C=N–C) groups is 1. The molecule has 1 saturated carbocycles. The van der Waals surface area contributed by atoms with Gasteiger partial charge in [0, 0.05) is 0 Å². The Morgan fingerprint density at radius 1 is 1.44 bits per heavy atom. The van der Waals surface area contributed by atoms with Crippen molar-refractivity contribution in [1.82, 2.24) is 0 Å². The van der Waals surface area contributed by atoms with Crippen LogP contribution in [-0.4, -0.2) is 10.7 Å². The van der Waals surface area contributed by atoms with Crippen LogP contribution in [0, 0.1) is 23.7 Å². The largest absolute Gasteiger partial charge is 0.226 e. The molecular weight excluding hydrogens is 238 g/mol. The summed E-state index contributed by atoms with van der Waals surface area (Å²) in [6, 6.07) is 0. The van der Waals surface area contributed by atoms with E-state index in [1.54, 1.807) is 5.57 Å². The average molecular weight is 263 g/mol. The second-order valence-corrected chi connectivity index (χ2v) is 6.92. The Kier molecular flexibility index (Phi) is 4.08. The molecule has 1 nitrogen and oxygen atoms in total. The van der Waals surface area contributed by atoms with Gasteiger partial charge in [0.25, 0.3) is 0 Å². The van der Waals surface area contributed by atoms with Crippen molar-refractivity contribution in [3.63, 3.8) is 0 Å². The maximum Gasteiger partial charge on any atom is 0.0716 e. The number of hydrogen-bond acceptors (Lipinski definition) is 2. The van der Waals surface area contributed by atoms with Crippen molar-refractivity contribution < 1.29 is 0 Å². The second-order valence-electron chi connectivity index (χ2n) is 6.74. The minimum Gasteiger partial charge on any atom is -0.226 e. The van der Waals surface area contributed by atoms with Crippen LogP contribution in [0.2, 0.25) is 0 Å². The summed E-state index contributed by atoms with van der Waals surface area (Å²) in [5.74, 6) is 2.95. The van der Waals surface area contributed by atoms with Crippen LogP contribution >= 0.6 is 12.2 Å². The third-order valence-corrected chi connectivity index (χ3v) is 5.32. The topological polar surface area (TPSA) is 12.4 Å². The maximum atomic E-state index is 4.87. The van der Waals surface area contributed by atoms with Gasteiger partial charge in [0.05, 0.1) is 10.7 Å². The Labute approximate surface area is 117 Å². The van der Waals surface area contributed by atoms with Crippen LogP contribution in [0.15, 0.2) is 16.6 Å². The van der Waals surface area contributed by atoms with Crippen LogP contribution in [0.5, 0.6) is 0 Å². The molecular formula is C16H25NS. The van der Waals surface area contributed by atoms with Gasteiger partial charge in [-0.1, -0.05) is 25.5 Å². The molecule has 0 unspecified atom stereocenters. The lowest BCUT2D eigenvalue weighted by molar-refractivity contribution is 0.0685. The Morgan fingerprint density at radius 3 is 2.78 bits per heavy atom. The summed E-state index contributed by atoms with van der Waals surface area (Å²) in [7, 11) is 0. The van der Waals surface area contributed by atoms with E-state index in [0.717, 1.165) is 11.8 Å². The molecule has 100 valence electrons. The number of rotatable bonds is 2. The van der Waals surface area contributed by atoms with E-state index in [2.05, 4.69) is 43.9 Å². The van der Waals surface area contributed by atoms with Gasteiger partial charge < -0.3 is 0 Å². The third kappa shape index (κ3) is 2.46. The molecule has 0 aromatic carbocycles. The molecule has 2 aliphatic carbocycles. The molecule has 0 aromatic heterocycles. The zero-order valence-corrected chi connectivity index (χ0v) is 12.9. The van der Waals surface area contributed by atoms with Gasteiger partial charge in [-0.15, -0.1) is 0 Å². The molecule has 4 atom stereocenters. The quantitative estimate of drug-likeness (QED) is 0.393. The lowest BCUT2D eigenvalue weighted by Gasteiger charge is -2.49. The number of allylic oxidation sites excluding steroid dienone is 2. The van der Waals surface area contributed by atoms with E-state index in [0.29, 0.717) is 11.8 Å². The van der Waals surface area contributed by atoms with Crippen molar-refractivity contribution in [3.05, 3.63) is 11.6 Å². The Morgan fingerprint density at radius 2 is 2.17 bits per heavy atom. The highest BCUT2D eigenvalue weighted by Gasteiger charge is 2.47. The van der Waals surface area contributed by atoms with E-state index in [-0.39, 0.29) is 5.54 Å². The normalized spacial score (nSPS) is 39.8. The van der Waals surface area contributed by atoms with Gasteiger partial charge in [0.1, 0.15) is 0 Å². The van der Waals surface area contributed by atoms with Crippen molar-refractivity contribution in [2.45, 2.75) is 58.9 Å². The van der Waals surface area contributed by atoms with Gasteiger partial charge in [0.2, 0.25) is 0 Å². The molecule has 2 heteroatoms. The molecule has 2 rings (SSSR count). The molecule has 0 spiro atoms. The first-order chi connectivity index (χ1) is 8.48. The van der Waals surface area contributed by atoms with Gasteiger partial charge in [-0.3, -0.25) is 0 Å². The molecule has 0 bridgehead atoms. The predicted octanol–water partition coefficient (Wildman–Crippen LogP) is 4.89. The lowest BCUT2D eigenvalue weighted by Crippen LogP contribution is -2.47. The average Bonchev–Trinajstić information content (AvgIpc) is 2.28. The van der Waals surface area contributed by atoms with Crippen molar-refractivity contribution in [1.29, 1.82) is 0 Å². The highest BCUT2D eigenvalue weighted by molar-refractivity contribution is 7.78. The molecule has 0 aromatic rings. The van der Waals surface area contributed by atoms with E-state index in [4.69, 9.17) is 12.2 Å². The van der Waals surface area contributed by atoms with Crippen LogP contribution in [0.4, 0.5) is 0 Å². The minimum absolute atomic E-state index is 0.0367. The Bertz CT molecular complexity index is 392. The third-order valence-electron chi connectivity index (χ3n) is 5.23. The van der Waals surface area contributed by atoms with E-state index >= 15 is 0 Å². The Hall–Kier alpha value is -0.460. The van der Waals surface area contributed by atoms with E-state index in [1.807, 2.05) is 0 Å². The number of fused-ring (bicyclic) bond motifs is 1. The fourth-order valence-electron chi connectivity index (χ4n) is 4.11. The molecule has 0 N–H and O–H groups in total. The van der Waals surface area contributed by atoms with E-state index in [9.17, 15) is 0 Å². The molecule has 1 fully saturated rings. The van der Waals surface area contributed by atoms with Gasteiger partial charge in [-0.25, -0.2) is 4.99 Å². The zero-order valence-electron chi connectivity index (χ0n) is 12.1. The monoisotopic (exact) mass is 263 g/mol. The van der Waals surface area contributed by atoms with Gasteiger partial charge in [-0.2, -0.15) is 0 Å². The van der Waals surface area contributed by atoms with Crippen LogP contribution in [0.25, 0.3) is 0 Å². The first-order valence-electron chi connectivity index (χ1n) is 7.24. The van der Waals surface area contributed by atoms with Crippen molar-refractivity contribution in [3.8, 4) is 0 Å².